The Hall–Kier alpha value is -7.16. The molecule has 2 aliphatic carbocycles. The number of para-hydroxylation sites is 1. The molecule has 256 valence electrons. The smallest absolute Gasteiger partial charge is 0.137 e. The first-order valence-electron chi connectivity index (χ1n) is 19.0. The Bertz CT molecular complexity index is 3100. The first kappa shape index (κ1) is 30.3. The first-order valence-corrected chi connectivity index (χ1v) is 19.0. The molecule has 2 heteroatoms. The lowest BCUT2D eigenvalue weighted by Gasteiger charge is -2.32. The summed E-state index contributed by atoms with van der Waals surface area (Å²) < 4.78 is 6.48. The van der Waals surface area contributed by atoms with Crippen LogP contribution in [0.1, 0.15) is 22.3 Å². The van der Waals surface area contributed by atoms with Gasteiger partial charge in [-0.05, 0) is 109 Å². The van der Waals surface area contributed by atoms with Gasteiger partial charge in [0.05, 0.1) is 5.41 Å². The van der Waals surface area contributed by atoms with E-state index in [-0.39, 0.29) is 0 Å². The van der Waals surface area contributed by atoms with Crippen LogP contribution < -0.4 is 4.90 Å². The van der Waals surface area contributed by atoms with Gasteiger partial charge in [-0.2, -0.15) is 0 Å². The van der Waals surface area contributed by atoms with E-state index < -0.39 is 5.41 Å². The molecule has 0 atom stereocenters. The van der Waals surface area contributed by atoms with E-state index in [4.69, 9.17) is 4.42 Å². The fraction of sp³-hybridized carbons (Fsp3) is 0.0189. The monoisotopic (exact) mass is 699 g/mol. The van der Waals surface area contributed by atoms with E-state index in [0.29, 0.717) is 0 Å². The van der Waals surface area contributed by atoms with E-state index in [1.165, 1.54) is 66.4 Å². The molecule has 2 nitrogen and oxygen atoms in total. The van der Waals surface area contributed by atoms with Gasteiger partial charge in [0.25, 0.3) is 0 Å². The van der Waals surface area contributed by atoms with Crippen molar-refractivity contribution in [2.24, 2.45) is 0 Å². The van der Waals surface area contributed by atoms with Gasteiger partial charge < -0.3 is 9.32 Å². The molecule has 1 spiro atoms. The van der Waals surface area contributed by atoms with Gasteiger partial charge in [0, 0.05) is 33.9 Å². The molecule has 10 aromatic rings. The van der Waals surface area contributed by atoms with Crippen molar-refractivity contribution in [3.63, 3.8) is 0 Å². The fourth-order valence-electron chi connectivity index (χ4n) is 9.79. The molecule has 12 rings (SSSR count). The third-order valence-corrected chi connectivity index (χ3v) is 12.1. The maximum atomic E-state index is 6.48. The summed E-state index contributed by atoms with van der Waals surface area (Å²) >= 11 is 0. The van der Waals surface area contributed by atoms with Crippen molar-refractivity contribution < 1.29 is 4.42 Å². The van der Waals surface area contributed by atoms with E-state index in [1.54, 1.807) is 0 Å². The van der Waals surface area contributed by atoms with Crippen LogP contribution in [-0.4, -0.2) is 0 Å². The minimum Gasteiger partial charge on any atom is -0.456 e. The van der Waals surface area contributed by atoms with Gasteiger partial charge in [0.1, 0.15) is 11.2 Å². The van der Waals surface area contributed by atoms with Gasteiger partial charge in [0.2, 0.25) is 0 Å². The molecule has 2 aliphatic rings. The molecule has 0 aliphatic heterocycles. The van der Waals surface area contributed by atoms with Crippen molar-refractivity contribution in [1.29, 1.82) is 0 Å². The number of hydrogen-bond donors (Lipinski definition) is 0. The van der Waals surface area contributed by atoms with Crippen LogP contribution in [0.5, 0.6) is 0 Å². The molecule has 1 heterocycles. The van der Waals surface area contributed by atoms with Crippen molar-refractivity contribution in [3.05, 3.63) is 222 Å². The number of anilines is 3. The second kappa shape index (κ2) is 11.4. The molecule has 0 amide bonds. The Balaban J connectivity index is 1.09. The number of hydrogen-bond acceptors (Lipinski definition) is 2. The number of furan rings is 1. The third kappa shape index (κ3) is 4.19. The molecule has 1 aromatic heterocycles. The zero-order chi connectivity index (χ0) is 36.1. The summed E-state index contributed by atoms with van der Waals surface area (Å²) in [4.78, 5) is 2.39. The first-order chi connectivity index (χ1) is 27.3. The minimum atomic E-state index is -0.429. The average molecular weight is 700 g/mol. The summed E-state index contributed by atoms with van der Waals surface area (Å²) in [6.07, 6.45) is 0. The van der Waals surface area contributed by atoms with Gasteiger partial charge in [-0.15, -0.1) is 0 Å². The highest BCUT2D eigenvalue weighted by Crippen LogP contribution is 2.63. The normalized spacial score (nSPS) is 13.2. The van der Waals surface area contributed by atoms with Crippen molar-refractivity contribution in [2.75, 3.05) is 4.90 Å². The summed E-state index contributed by atoms with van der Waals surface area (Å²) in [7, 11) is 0. The maximum absolute atomic E-state index is 6.48. The van der Waals surface area contributed by atoms with Crippen molar-refractivity contribution in [3.8, 4) is 33.4 Å². The maximum Gasteiger partial charge on any atom is 0.137 e. The van der Waals surface area contributed by atoms with Crippen LogP contribution in [0.4, 0.5) is 17.1 Å². The minimum absolute atomic E-state index is 0.429. The summed E-state index contributed by atoms with van der Waals surface area (Å²) in [6.45, 7) is 0. The van der Waals surface area contributed by atoms with Crippen molar-refractivity contribution in [1.82, 2.24) is 0 Å². The molecule has 0 radical (unpaired) electrons. The molecule has 0 saturated carbocycles. The van der Waals surface area contributed by atoms with Gasteiger partial charge in [-0.25, -0.2) is 0 Å². The van der Waals surface area contributed by atoms with Crippen LogP contribution in [0.3, 0.4) is 0 Å². The molecular formula is C53H33NO. The molecule has 0 N–H and O–H groups in total. The van der Waals surface area contributed by atoms with E-state index in [0.717, 1.165) is 39.0 Å². The predicted octanol–water partition coefficient (Wildman–Crippen LogP) is 14.2. The van der Waals surface area contributed by atoms with Crippen LogP contribution in [0.15, 0.2) is 205 Å². The van der Waals surface area contributed by atoms with E-state index in [9.17, 15) is 0 Å². The van der Waals surface area contributed by atoms with Crippen LogP contribution in [-0.2, 0) is 5.41 Å². The Morgan fingerprint density at radius 1 is 0.327 bits per heavy atom. The Kier molecular flexibility index (Phi) is 6.29. The third-order valence-electron chi connectivity index (χ3n) is 12.1. The van der Waals surface area contributed by atoms with Gasteiger partial charge in [-0.3, -0.25) is 0 Å². The number of rotatable bonds is 4. The SMILES string of the molecule is c1ccc2c(c1)-c1ccccc1C21c2ccccc2-c2ccc(N(c3ccc(-c4cccc5ccccc45)cc3)c3ccc4c(c3)oc3ccccc34)cc21. The fourth-order valence-corrected chi connectivity index (χ4v) is 9.79. The van der Waals surface area contributed by atoms with Crippen molar-refractivity contribution in [2.45, 2.75) is 5.41 Å². The summed E-state index contributed by atoms with van der Waals surface area (Å²) in [6, 6.07) is 73.3. The zero-order valence-corrected chi connectivity index (χ0v) is 29.9. The van der Waals surface area contributed by atoms with Crippen LogP contribution >= 0.6 is 0 Å². The van der Waals surface area contributed by atoms with E-state index >= 15 is 0 Å². The molecule has 9 aromatic carbocycles. The van der Waals surface area contributed by atoms with Crippen molar-refractivity contribution >= 4 is 49.8 Å². The highest BCUT2D eigenvalue weighted by Gasteiger charge is 2.51. The second-order valence-corrected chi connectivity index (χ2v) is 14.8. The second-order valence-electron chi connectivity index (χ2n) is 14.8. The molecule has 0 unspecified atom stereocenters. The molecule has 0 fully saturated rings. The van der Waals surface area contributed by atoms with E-state index in [2.05, 4.69) is 193 Å². The molecule has 0 saturated heterocycles. The lowest BCUT2D eigenvalue weighted by Crippen LogP contribution is -2.26. The quantitative estimate of drug-likeness (QED) is 0.182. The Morgan fingerprint density at radius 3 is 1.56 bits per heavy atom. The summed E-state index contributed by atoms with van der Waals surface area (Å²) in [5.74, 6) is 0. The Morgan fingerprint density at radius 2 is 0.836 bits per heavy atom. The highest BCUT2D eigenvalue weighted by molar-refractivity contribution is 6.06. The topological polar surface area (TPSA) is 16.4 Å². The van der Waals surface area contributed by atoms with Crippen LogP contribution in [0.2, 0.25) is 0 Å². The average Bonchev–Trinajstić information content (AvgIpc) is 3.87. The zero-order valence-electron chi connectivity index (χ0n) is 29.9. The van der Waals surface area contributed by atoms with E-state index in [1.807, 2.05) is 12.1 Å². The lowest BCUT2D eigenvalue weighted by atomic mass is 9.70. The standard InChI is InChI=1S/C53H33NO/c1-2-14-39-34(12-1)13-11-19-40(39)35-24-26-36(27-25-35)54(38-29-31-46-45-18-6-10-23-51(45)55-52(46)33-38)37-28-30-44-43-17-5-9-22-49(43)53(50(44)32-37)47-20-7-3-15-41(47)42-16-4-8-21-48(42)53/h1-33H. The largest absolute Gasteiger partial charge is 0.456 e. The molecule has 0 bridgehead atoms. The highest BCUT2D eigenvalue weighted by atomic mass is 16.3. The summed E-state index contributed by atoms with van der Waals surface area (Å²) in [5, 5.41) is 4.75. The number of fused-ring (bicyclic) bond motifs is 14. The van der Waals surface area contributed by atoms with Gasteiger partial charge >= 0.3 is 0 Å². The lowest BCUT2D eigenvalue weighted by molar-refractivity contribution is 0.669. The molecular weight excluding hydrogens is 667 g/mol. The van der Waals surface area contributed by atoms with Crippen LogP contribution in [0, 0.1) is 0 Å². The number of benzene rings is 9. The van der Waals surface area contributed by atoms with Crippen LogP contribution in [0.25, 0.3) is 66.1 Å². The van der Waals surface area contributed by atoms with Gasteiger partial charge in [-0.1, -0.05) is 152 Å². The molecule has 55 heavy (non-hydrogen) atoms. The predicted molar refractivity (Wildman–Crippen MR) is 228 cm³/mol. The number of nitrogens with zero attached hydrogens (tertiary/aromatic N) is 1. The Labute approximate surface area is 319 Å². The summed E-state index contributed by atoms with van der Waals surface area (Å²) in [5.41, 5.74) is 17.5. The van der Waals surface area contributed by atoms with Gasteiger partial charge in [0.15, 0.2) is 0 Å².